The first kappa shape index (κ1) is 15.2. The summed E-state index contributed by atoms with van der Waals surface area (Å²) in [5.41, 5.74) is 0.0433. The minimum atomic E-state index is -0.580. The van der Waals surface area contributed by atoms with E-state index in [1.165, 1.54) is 17.2 Å². The number of benzene rings is 1. The summed E-state index contributed by atoms with van der Waals surface area (Å²) in [6.07, 6.45) is 4.36. The van der Waals surface area contributed by atoms with E-state index in [0.29, 0.717) is 25.3 Å². The van der Waals surface area contributed by atoms with E-state index in [-0.39, 0.29) is 6.03 Å². The van der Waals surface area contributed by atoms with Crippen LogP contribution in [-0.4, -0.2) is 30.8 Å². The molecule has 2 fully saturated rings. The molecule has 0 atom stereocenters. The van der Waals surface area contributed by atoms with E-state index in [4.69, 9.17) is 4.84 Å². The number of nitrogens with one attached hydrogen (secondary N) is 1. The fourth-order valence-corrected chi connectivity index (χ4v) is 3.45. The first-order valence-electron chi connectivity index (χ1n) is 7.75. The van der Waals surface area contributed by atoms with Crippen LogP contribution in [-0.2, 0) is 10.3 Å². The molecule has 4 nitrogen and oxygen atoms in total. The van der Waals surface area contributed by atoms with Gasteiger partial charge < -0.3 is 5.32 Å². The van der Waals surface area contributed by atoms with Crippen molar-refractivity contribution in [2.45, 2.75) is 37.5 Å². The number of hydrogen-bond acceptors (Lipinski definition) is 2. The van der Waals surface area contributed by atoms with Gasteiger partial charge in [0.2, 0.25) is 0 Å². The molecule has 0 spiro atoms. The zero-order valence-electron chi connectivity index (χ0n) is 12.4. The molecule has 1 heterocycles. The monoisotopic (exact) mass is 310 g/mol. The summed E-state index contributed by atoms with van der Waals surface area (Å²) in [6.45, 7) is 1.46. The van der Waals surface area contributed by atoms with Crippen molar-refractivity contribution in [3.05, 3.63) is 35.4 Å². The Balaban J connectivity index is 1.75. The molecule has 0 aromatic heterocycles. The van der Waals surface area contributed by atoms with E-state index in [0.717, 1.165) is 38.2 Å². The zero-order valence-corrected chi connectivity index (χ0v) is 12.4. The Morgan fingerprint density at radius 1 is 1.27 bits per heavy atom. The fraction of sp³-hybridized carbons (Fsp3) is 0.562. The fourth-order valence-electron chi connectivity index (χ4n) is 3.45. The zero-order chi connectivity index (χ0) is 15.6. The van der Waals surface area contributed by atoms with Crippen molar-refractivity contribution in [1.82, 2.24) is 10.4 Å². The smallest absolute Gasteiger partial charge is 0.335 e. The molecule has 1 aliphatic carbocycles. The van der Waals surface area contributed by atoms with Crippen LogP contribution in [0.2, 0.25) is 0 Å². The third-order valence-corrected chi connectivity index (χ3v) is 4.62. The molecule has 1 saturated carbocycles. The van der Waals surface area contributed by atoms with Crippen LogP contribution >= 0.6 is 0 Å². The van der Waals surface area contributed by atoms with Crippen molar-refractivity contribution in [3.63, 3.8) is 0 Å². The largest absolute Gasteiger partial charge is 0.341 e. The Labute approximate surface area is 128 Å². The molecule has 1 aliphatic heterocycles. The molecule has 1 aromatic carbocycles. The van der Waals surface area contributed by atoms with Gasteiger partial charge in [-0.15, -0.1) is 0 Å². The van der Waals surface area contributed by atoms with Crippen LogP contribution in [0.5, 0.6) is 0 Å². The summed E-state index contributed by atoms with van der Waals surface area (Å²) in [6, 6.07) is 3.42. The average Bonchev–Trinajstić information content (AvgIpc) is 3.17. The Bertz CT molecular complexity index is 553. The SMILES string of the molecule is O=C(NCC1(c2ccc(F)cc2F)CCCC1)N1CCCO1. The Morgan fingerprint density at radius 2 is 2.05 bits per heavy atom. The molecule has 2 aliphatic rings. The predicted molar refractivity (Wildman–Crippen MR) is 77.2 cm³/mol. The van der Waals surface area contributed by atoms with Crippen LogP contribution in [0.15, 0.2) is 18.2 Å². The van der Waals surface area contributed by atoms with Gasteiger partial charge in [0.15, 0.2) is 0 Å². The number of rotatable bonds is 3. The summed E-state index contributed by atoms with van der Waals surface area (Å²) in [5.74, 6) is -1.11. The van der Waals surface area contributed by atoms with Crippen molar-refractivity contribution >= 4 is 6.03 Å². The lowest BCUT2D eigenvalue weighted by molar-refractivity contribution is -0.0665. The Morgan fingerprint density at radius 3 is 2.68 bits per heavy atom. The number of carbonyl (C=O) groups excluding carboxylic acids is 1. The molecule has 22 heavy (non-hydrogen) atoms. The van der Waals surface area contributed by atoms with E-state index < -0.39 is 17.0 Å². The lowest BCUT2D eigenvalue weighted by Crippen LogP contribution is -2.44. The van der Waals surface area contributed by atoms with Crippen molar-refractivity contribution in [3.8, 4) is 0 Å². The molecular formula is C16H20F2N2O2. The van der Waals surface area contributed by atoms with Gasteiger partial charge in [-0.3, -0.25) is 4.84 Å². The van der Waals surface area contributed by atoms with Gasteiger partial charge in [-0.25, -0.2) is 18.6 Å². The van der Waals surface area contributed by atoms with Crippen molar-refractivity contribution in [1.29, 1.82) is 0 Å². The van der Waals surface area contributed by atoms with Gasteiger partial charge in [0.05, 0.1) is 13.2 Å². The highest BCUT2D eigenvalue weighted by Crippen LogP contribution is 2.41. The number of carbonyl (C=O) groups is 1. The van der Waals surface area contributed by atoms with E-state index in [9.17, 15) is 13.6 Å². The minimum absolute atomic E-state index is 0.286. The van der Waals surface area contributed by atoms with Gasteiger partial charge in [0.1, 0.15) is 11.6 Å². The van der Waals surface area contributed by atoms with Crippen molar-refractivity contribution in [2.75, 3.05) is 19.7 Å². The number of hydrogen-bond donors (Lipinski definition) is 1. The van der Waals surface area contributed by atoms with E-state index in [1.54, 1.807) is 0 Å². The average molecular weight is 310 g/mol. The normalized spacial score (nSPS) is 20.4. The highest BCUT2D eigenvalue weighted by molar-refractivity contribution is 5.73. The molecule has 3 rings (SSSR count). The van der Waals surface area contributed by atoms with Crippen LogP contribution in [0.3, 0.4) is 0 Å². The van der Waals surface area contributed by atoms with Crippen molar-refractivity contribution < 1.29 is 18.4 Å². The van der Waals surface area contributed by atoms with Gasteiger partial charge in [-0.05, 0) is 30.9 Å². The second-order valence-corrected chi connectivity index (χ2v) is 6.06. The van der Waals surface area contributed by atoms with Gasteiger partial charge in [-0.1, -0.05) is 18.9 Å². The maximum atomic E-state index is 14.2. The molecule has 0 unspecified atom stereocenters. The molecule has 0 radical (unpaired) electrons. The topological polar surface area (TPSA) is 41.6 Å². The van der Waals surface area contributed by atoms with Gasteiger partial charge in [0.25, 0.3) is 0 Å². The summed E-state index contributed by atoms with van der Waals surface area (Å²) in [5, 5.41) is 4.16. The van der Waals surface area contributed by atoms with E-state index in [2.05, 4.69) is 5.32 Å². The van der Waals surface area contributed by atoms with Crippen LogP contribution in [0.1, 0.15) is 37.7 Å². The summed E-state index contributed by atoms with van der Waals surface area (Å²) in [4.78, 5) is 17.3. The molecule has 1 saturated heterocycles. The minimum Gasteiger partial charge on any atom is -0.335 e. The summed E-state index contributed by atoms with van der Waals surface area (Å²) in [7, 11) is 0. The number of nitrogens with zero attached hydrogens (tertiary/aromatic N) is 1. The predicted octanol–water partition coefficient (Wildman–Crippen LogP) is 3.12. The lowest BCUT2D eigenvalue weighted by Gasteiger charge is -2.31. The second kappa shape index (κ2) is 6.20. The highest BCUT2D eigenvalue weighted by atomic mass is 19.1. The van der Waals surface area contributed by atoms with Gasteiger partial charge >= 0.3 is 6.03 Å². The maximum absolute atomic E-state index is 14.2. The molecular weight excluding hydrogens is 290 g/mol. The van der Waals surface area contributed by atoms with Gasteiger partial charge in [-0.2, -0.15) is 0 Å². The first-order chi connectivity index (χ1) is 10.6. The second-order valence-electron chi connectivity index (χ2n) is 6.06. The van der Waals surface area contributed by atoms with E-state index in [1.807, 2.05) is 0 Å². The molecule has 120 valence electrons. The van der Waals surface area contributed by atoms with E-state index >= 15 is 0 Å². The molecule has 0 bridgehead atoms. The van der Waals surface area contributed by atoms with Crippen LogP contribution in [0.4, 0.5) is 13.6 Å². The first-order valence-corrected chi connectivity index (χ1v) is 7.75. The highest BCUT2D eigenvalue weighted by Gasteiger charge is 2.38. The summed E-state index contributed by atoms with van der Waals surface area (Å²) >= 11 is 0. The number of urea groups is 1. The Kier molecular flexibility index (Phi) is 4.29. The van der Waals surface area contributed by atoms with Gasteiger partial charge in [0, 0.05) is 18.0 Å². The molecule has 1 aromatic rings. The standard InChI is InChI=1S/C16H20F2N2O2/c17-12-4-5-13(14(18)10-12)16(6-1-2-7-16)11-19-15(21)20-8-3-9-22-20/h4-5,10H,1-3,6-9,11H2,(H,19,21). The van der Waals surface area contributed by atoms with Crippen LogP contribution in [0.25, 0.3) is 0 Å². The number of halogens is 2. The quantitative estimate of drug-likeness (QED) is 0.932. The maximum Gasteiger partial charge on any atom is 0.341 e. The Hall–Kier alpha value is -1.69. The molecule has 2 amide bonds. The number of amides is 2. The third kappa shape index (κ3) is 2.92. The van der Waals surface area contributed by atoms with Crippen LogP contribution < -0.4 is 5.32 Å². The molecule has 6 heteroatoms. The number of hydroxylamine groups is 2. The lowest BCUT2D eigenvalue weighted by atomic mass is 9.78. The summed E-state index contributed by atoms with van der Waals surface area (Å²) < 4.78 is 27.3. The van der Waals surface area contributed by atoms with Crippen molar-refractivity contribution in [2.24, 2.45) is 0 Å². The van der Waals surface area contributed by atoms with Crippen LogP contribution in [0, 0.1) is 11.6 Å². The molecule has 1 N–H and O–H groups in total. The third-order valence-electron chi connectivity index (χ3n) is 4.62.